The Hall–Kier alpha value is -1.88. The number of rotatable bonds is 8. The van der Waals surface area contributed by atoms with Gasteiger partial charge in [0, 0.05) is 12.2 Å². The normalized spacial score (nSPS) is 10.9. The number of benzene rings is 1. The minimum Gasteiger partial charge on any atom is -0.481 e. The summed E-state index contributed by atoms with van der Waals surface area (Å²) in [5.74, 6) is -0.634. The summed E-state index contributed by atoms with van der Waals surface area (Å²) in [4.78, 5) is 24.5. The lowest BCUT2D eigenvalue weighted by atomic mass is 10.0. The van der Waals surface area contributed by atoms with E-state index < -0.39 is 5.97 Å². The average molecular weight is 292 g/mol. The van der Waals surface area contributed by atoms with E-state index in [1.807, 2.05) is 36.1 Å². The van der Waals surface area contributed by atoms with Crippen LogP contribution in [0.1, 0.15) is 38.7 Å². The summed E-state index contributed by atoms with van der Waals surface area (Å²) in [7, 11) is 0. The van der Waals surface area contributed by atoms with Crippen LogP contribution in [0.2, 0.25) is 0 Å². The van der Waals surface area contributed by atoms with Gasteiger partial charge in [-0.15, -0.1) is 0 Å². The first-order valence-corrected chi connectivity index (χ1v) is 7.27. The van der Waals surface area contributed by atoms with Crippen LogP contribution < -0.4 is 5.32 Å². The molecule has 0 spiro atoms. The van der Waals surface area contributed by atoms with Gasteiger partial charge in [-0.1, -0.05) is 39.0 Å². The molecule has 116 valence electrons. The number of hydrogen-bond acceptors (Lipinski definition) is 3. The molecule has 0 unspecified atom stereocenters. The summed E-state index contributed by atoms with van der Waals surface area (Å²) >= 11 is 0. The summed E-state index contributed by atoms with van der Waals surface area (Å²) in [6.07, 6.45) is 0.0453. The lowest BCUT2D eigenvalue weighted by Crippen LogP contribution is -2.34. The first-order chi connectivity index (χ1) is 9.93. The number of carbonyl (C=O) groups excluding carboxylic acids is 1. The second-order valence-electron chi connectivity index (χ2n) is 5.30. The first-order valence-electron chi connectivity index (χ1n) is 7.27. The smallest absolute Gasteiger partial charge is 0.304 e. The van der Waals surface area contributed by atoms with E-state index in [-0.39, 0.29) is 18.9 Å². The monoisotopic (exact) mass is 292 g/mol. The van der Waals surface area contributed by atoms with Crippen LogP contribution in [0.25, 0.3) is 0 Å². The molecule has 0 fully saturated rings. The maximum atomic E-state index is 12.1. The Morgan fingerprint density at radius 1 is 1.29 bits per heavy atom. The average Bonchev–Trinajstić information content (AvgIpc) is 2.43. The number of para-hydroxylation sites is 1. The number of anilines is 1. The quantitative estimate of drug-likeness (QED) is 0.772. The van der Waals surface area contributed by atoms with Gasteiger partial charge in [0.15, 0.2) is 0 Å². The molecular formula is C16H24N2O3. The maximum absolute atomic E-state index is 12.1. The highest BCUT2D eigenvalue weighted by atomic mass is 16.4. The standard InChI is InChI=1S/C16H24N2O3/c1-4-18(10-9-16(20)21)11-15(19)17-14-8-6-5-7-13(14)12(2)3/h5-8,12H,4,9-11H2,1-3H3,(H,17,19)(H,20,21). The third-order valence-electron chi connectivity index (χ3n) is 3.31. The van der Waals surface area contributed by atoms with Crippen molar-refractivity contribution < 1.29 is 14.7 Å². The van der Waals surface area contributed by atoms with E-state index >= 15 is 0 Å². The second kappa shape index (κ2) is 8.42. The predicted molar refractivity (Wildman–Crippen MR) is 83.5 cm³/mol. The van der Waals surface area contributed by atoms with E-state index in [0.29, 0.717) is 19.0 Å². The molecule has 0 radical (unpaired) electrons. The van der Waals surface area contributed by atoms with Crippen molar-refractivity contribution in [1.29, 1.82) is 0 Å². The fourth-order valence-electron chi connectivity index (χ4n) is 2.11. The fourth-order valence-corrected chi connectivity index (χ4v) is 2.11. The van der Waals surface area contributed by atoms with E-state index in [1.165, 1.54) is 0 Å². The molecule has 0 aliphatic carbocycles. The third kappa shape index (κ3) is 5.95. The van der Waals surface area contributed by atoms with Gasteiger partial charge in [0.25, 0.3) is 0 Å². The first kappa shape index (κ1) is 17.2. The maximum Gasteiger partial charge on any atom is 0.304 e. The van der Waals surface area contributed by atoms with Crippen molar-refractivity contribution in [3.8, 4) is 0 Å². The summed E-state index contributed by atoms with van der Waals surface area (Å²) in [6, 6.07) is 7.74. The molecule has 0 aliphatic heterocycles. The van der Waals surface area contributed by atoms with Crippen LogP contribution in [0.3, 0.4) is 0 Å². The molecule has 0 bridgehead atoms. The zero-order valence-electron chi connectivity index (χ0n) is 12.9. The highest BCUT2D eigenvalue weighted by Crippen LogP contribution is 2.23. The zero-order valence-corrected chi connectivity index (χ0v) is 12.9. The van der Waals surface area contributed by atoms with Crippen LogP contribution in [0.4, 0.5) is 5.69 Å². The third-order valence-corrected chi connectivity index (χ3v) is 3.31. The molecule has 0 aromatic heterocycles. The predicted octanol–water partition coefficient (Wildman–Crippen LogP) is 2.55. The van der Waals surface area contributed by atoms with Crippen molar-refractivity contribution in [2.75, 3.05) is 25.0 Å². The lowest BCUT2D eigenvalue weighted by molar-refractivity contribution is -0.137. The molecule has 5 nitrogen and oxygen atoms in total. The number of nitrogens with one attached hydrogen (secondary N) is 1. The molecular weight excluding hydrogens is 268 g/mol. The van der Waals surface area contributed by atoms with Gasteiger partial charge in [0.2, 0.25) is 5.91 Å². The molecule has 21 heavy (non-hydrogen) atoms. The molecule has 0 heterocycles. The van der Waals surface area contributed by atoms with E-state index in [4.69, 9.17) is 5.11 Å². The molecule has 0 aliphatic rings. The van der Waals surface area contributed by atoms with Crippen LogP contribution in [-0.4, -0.2) is 41.5 Å². The van der Waals surface area contributed by atoms with Crippen LogP contribution in [-0.2, 0) is 9.59 Å². The van der Waals surface area contributed by atoms with Crippen LogP contribution in [0, 0.1) is 0 Å². The van der Waals surface area contributed by atoms with Crippen molar-refractivity contribution in [2.45, 2.75) is 33.1 Å². The Balaban J connectivity index is 2.62. The van der Waals surface area contributed by atoms with Crippen molar-refractivity contribution in [3.63, 3.8) is 0 Å². The summed E-state index contributed by atoms with van der Waals surface area (Å²) in [5.41, 5.74) is 1.92. The van der Waals surface area contributed by atoms with E-state index in [2.05, 4.69) is 19.2 Å². The van der Waals surface area contributed by atoms with Gasteiger partial charge in [-0.25, -0.2) is 0 Å². The number of carboxylic acid groups (broad SMARTS) is 1. The van der Waals surface area contributed by atoms with E-state index in [0.717, 1.165) is 11.3 Å². The molecule has 1 aromatic carbocycles. The van der Waals surface area contributed by atoms with Crippen LogP contribution in [0.15, 0.2) is 24.3 Å². The van der Waals surface area contributed by atoms with Gasteiger partial charge >= 0.3 is 5.97 Å². The number of carbonyl (C=O) groups is 2. The SMILES string of the molecule is CCN(CCC(=O)O)CC(=O)Nc1ccccc1C(C)C. The zero-order chi connectivity index (χ0) is 15.8. The highest BCUT2D eigenvalue weighted by Gasteiger charge is 2.13. The molecule has 1 aromatic rings. The van der Waals surface area contributed by atoms with Crippen LogP contribution in [0.5, 0.6) is 0 Å². The van der Waals surface area contributed by atoms with E-state index in [9.17, 15) is 9.59 Å². The second-order valence-corrected chi connectivity index (χ2v) is 5.30. The number of nitrogens with zero attached hydrogens (tertiary/aromatic N) is 1. The Bertz CT molecular complexity index is 486. The summed E-state index contributed by atoms with van der Waals surface area (Å²) in [5, 5.41) is 11.6. The number of carboxylic acids is 1. The largest absolute Gasteiger partial charge is 0.481 e. The lowest BCUT2D eigenvalue weighted by Gasteiger charge is -2.20. The number of aliphatic carboxylic acids is 1. The topological polar surface area (TPSA) is 69.6 Å². The molecule has 2 N–H and O–H groups in total. The van der Waals surface area contributed by atoms with Crippen LogP contribution >= 0.6 is 0 Å². The molecule has 0 atom stereocenters. The summed E-state index contributed by atoms with van der Waals surface area (Å²) < 4.78 is 0. The number of likely N-dealkylation sites (N-methyl/N-ethyl adjacent to an activating group) is 1. The number of amides is 1. The highest BCUT2D eigenvalue weighted by molar-refractivity contribution is 5.93. The van der Waals surface area contributed by atoms with Crippen molar-refractivity contribution in [2.24, 2.45) is 0 Å². The Morgan fingerprint density at radius 3 is 2.52 bits per heavy atom. The Kier molecular flexibility index (Phi) is 6.88. The summed E-state index contributed by atoms with van der Waals surface area (Å²) in [6.45, 7) is 7.30. The Morgan fingerprint density at radius 2 is 1.95 bits per heavy atom. The van der Waals surface area contributed by atoms with Crippen molar-refractivity contribution >= 4 is 17.6 Å². The van der Waals surface area contributed by atoms with Gasteiger partial charge in [0.1, 0.15) is 0 Å². The van der Waals surface area contributed by atoms with Gasteiger partial charge in [-0.3, -0.25) is 14.5 Å². The Labute approximate surface area is 126 Å². The van der Waals surface area contributed by atoms with Gasteiger partial charge < -0.3 is 10.4 Å². The molecule has 0 saturated carbocycles. The van der Waals surface area contributed by atoms with Crippen molar-refractivity contribution in [3.05, 3.63) is 29.8 Å². The van der Waals surface area contributed by atoms with Gasteiger partial charge in [-0.05, 0) is 24.1 Å². The molecule has 1 rings (SSSR count). The van der Waals surface area contributed by atoms with Crippen molar-refractivity contribution in [1.82, 2.24) is 4.90 Å². The minimum absolute atomic E-state index is 0.0453. The van der Waals surface area contributed by atoms with E-state index in [1.54, 1.807) is 0 Å². The number of hydrogen-bond donors (Lipinski definition) is 2. The fraction of sp³-hybridized carbons (Fsp3) is 0.500. The van der Waals surface area contributed by atoms with Gasteiger partial charge in [-0.2, -0.15) is 0 Å². The molecule has 1 amide bonds. The molecule has 0 saturated heterocycles. The van der Waals surface area contributed by atoms with Gasteiger partial charge in [0.05, 0.1) is 13.0 Å². The minimum atomic E-state index is -0.848. The molecule has 5 heteroatoms.